The fraction of sp³-hybridized carbons (Fsp3) is 0.444. The number of allylic oxidation sites excluding steroid dienone is 2. The van der Waals surface area contributed by atoms with Crippen LogP contribution in [0.2, 0.25) is 0 Å². The van der Waals surface area contributed by atoms with Gasteiger partial charge in [-0.2, -0.15) is 0 Å². The molecule has 2 aliphatic rings. The highest BCUT2D eigenvalue weighted by molar-refractivity contribution is 5.74. The number of nitrogens with one attached hydrogen (secondary N) is 1. The molecule has 0 radical (unpaired) electrons. The van der Waals surface area contributed by atoms with Crippen LogP contribution in [0, 0.1) is 18.8 Å². The molecule has 3 heterocycles. The molecule has 1 aliphatic heterocycles. The number of carbonyl (C=O) groups is 1. The van der Waals surface area contributed by atoms with E-state index in [1.54, 1.807) is 0 Å². The number of hydrogen-bond donors (Lipinski definition) is 1. The Morgan fingerprint density at radius 1 is 1.26 bits per heavy atom. The topological polar surface area (TPSA) is 49.6 Å². The fourth-order valence-electron chi connectivity index (χ4n) is 3.74. The van der Waals surface area contributed by atoms with E-state index in [4.69, 9.17) is 0 Å². The van der Waals surface area contributed by atoms with Gasteiger partial charge in [0.25, 0.3) is 0 Å². The van der Waals surface area contributed by atoms with Gasteiger partial charge in [-0.1, -0.05) is 18.2 Å². The third-order valence-electron chi connectivity index (χ3n) is 5.07. The van der Waals surface area contributed by atoms with Crippen LogP contribution in [0.3, 0.4) is 0 Å². The molecule has 1 saturated heterocycles. The van der Waals surface area contributed by atoms with Crippen molar-refractivity contribution in [1.29, 1.82) is 0 Å². The summed E-state index contributed by atoms with van der Waals surface area (Å²) < 4.78 is 2.05. The summed E-state index contributed by atoms with van der Waals surface area (Å²) in [7, 11) is 0. The van der Waals surface area contributed by atoms with Gasteiger partial charge in [0, 0.05) is 25.0 Å². The van der Waals surface area contributed by atoms with Crippen LogP contribution in [0.5, 0.6) is 0 Å². The first-order valence-electron chi connectivity index (χ1n) is 8.32. The van der Waals surface area contributed by atoms with Gasteiger partial charge in [0.2, 0.25) is 0 Å². The molecule has 1 fully saturated rings. The van der Waals surface area contributed by atoms with E-state index in [0.29, 0.717) is 18.4 Å². The maximum absolute atomic E-state index is 12.4. The van der Waals surface area contributed by atoms with Crippen LogP contribution in [0.1, 0.15) is 24.2 Å². The van der Waals surface area contributed by atoms with Gasteiger partial charge in [0.05, 0.1) is 12.2 Å². The van der Waals surface area contributed by atoms with Crippen LogP contribution >= 0.6 is 0 Å². The van der Waals surface area contributed by atoms with E-state index in [1.165, 1.54) is 0 Å². The van der Waals surface area contributed by atoms with E-state index in [2.05, 4.69) is 39.8 Å². The number of aromatic nitrogens is 2. The van der Waals surface area contributed by atoms with Crippen LogP contribution in [0.4, 0.5) is 4.79 Å². The SMILES string of the molecule is Cc1cccc2nc(CNC(=O)N3C[C@H]4CC=CC[C@H]4C3)cn12. The molecule has 5 heteroatoms. The first-order valence-corrected chi connectivity index (χ1v) is 8.32. The number of amides is 2. The van der Waals surface area contributed by atoms with E-state index in [1.807, 2.05) is 23.2 Å². The van der Waals surface area contributed by atoms with Crippen LogP contribution < -0.4 is 5.32 Å². The number of carbonyl (C=O) groups excluding carboxylic acids is 1. The zero-order valence-corrected chi connectivity index (χ0v) is 13.4. The Hall–Kier alpha value is -2.30. The number of urea groups is 1. The first kappa shape index (κ1) is 14.3. The summed E-state index contributed by atoms with van der Waals surface area (Å²) in [6.07, 6.45) is 8.72. The first-order chi connectivity index (χ1) is 11.2. The molecule has 2 amide bonds. The molecule has 4 rings (SSSR count). The van der Waals surface area contributed by atoms with Gasteiger partial charge in [0.15, 0.2) is 0 Å². The van der Waals surface area contributed by atoms with E-state index < -0.39 is 0 Å². The van der Waals surface area contributed by atoms with Crippen molar-refractivity contribution in [2.24, 2.45) is 11.8 Å². The Morgan fingerprint density at radius 3 is 2.70 bits per heavy atom. The molecular weight excluding hydrogens is 288 g/mol. The summed E-state index contributed by atoms with van der Waals surface area (Å²) in [6, 6.07) is 6.07. The number of aryl methyl sites for hydroxylation is 1. The summed E-state index contributed by atoms with van der Waals surface area (Å²) in [5.41, 5.74) is 2.96. The standard InChI is InChI=1S/C18H22N4O/c1-13-5-4-8-17-20-16(12-22(13)17)9-19-18(23)21-10-14-6-2-3-7-15(14)11-21/h2-5,8,12,14-15H,6-7,9-11H2,1H3,(H,19,23)/t14-,15+. The summed E-state index contributed by atoms with van der Waals surface area (Å²) >= 11 is 0. The zero-order chi connectivity index (χ0) is 15.8. The summed E-state index contributed by atoms with van der Waals surface area (Å²) in [4.78, 5) is 18.9. The smallest absolute Gasteiger partial charge is 0.317 e. The lowest BCUT2D eigenvalue weighted by Gasteiger charge is -2.17. The third-order valence-corrected chi connectivity index (χ3v) is 5.07. The molecule has 0 saturated carbocycles. The molecule has 1 N–H and O–H groups in total. The Balaban J connectivity index is 1.38. The van der Waals surface area contributed by atoms with E-state index in [9.17, 15) is 4.79 Å². The molecule has 0 aromatic carbocycles. The molecule has 2 aromatic heterocycles. The normalized spacial score (nSPS) is 23.3. The van der Waals surface area contributed by atoms with Gasteiger partial charge in [-0.25, -0.2) is 9.78 Å². The lowest BCUT2D eigenvalue weighted by Crippen LogP contribution is -2.38. The van der Waals surface area contributed by atoms with Crippen molar-refractivity contribution in [3.8, 4) is 0 Å². The monoisotopic (exact) mass is 310 g/mol. The summed E-state index contributed by atoms with van der Waals surface area (Å²) in [5, 5.41) is 3.02. The Bertz CT molecular complexity index is 747. The molecule has 0 unspecified atom stereocenters. The van der Waals surface area contributed by atoms with Crippen molar-refractivity contribution in [3.63, 3.8) is 0 Å². The van der Waals surface area contributed by atoms with Crippen LogP contribution in [-0.4, -0.2) is 33.4 Å². The Labute approximate surface area is 136 Å². The minimum absolute atomic E-state index is 0.0354. The maximum Gasteiger partial charge on any atom is 0.317 e. The number of rotatable bonds is 2. The maximum atomic E-state index is 12.4. The van der Waals surface area contributed by atoms with Crippen molar-refractivity contribution < 1.29 is 4.79 Å². The second-order valence-electron chi connectivity index (χ2n) is 6.65. The molecule has 23 heavy (non-hydrogen) atoms. The average Bonchev–Trinajstić information content (AvgIpc) is 3.17. The largest absolute Gasteiger partial charge is 0.332 e. The molecule has 0 bridgehead atoms. The lowest BCUT2D eigenvalue weighted by atomic mass is 9.86. The van der Waals surface area contributed by atoms with Crippen molar-refractivity contribution in [3.05, 3.63) is 47.9 Å². The van der Waals surface area contributed by atoms with Gasteiger partial charge in [-0.15, -0.1) is 0 Å². The third kappa shape index (κ3) is 2.71. The number of imidazole rings is 1. The molecule has 0 spiro atoms. The van der Waals surface area contributed by atoms with Crippen molar-refractivity contribution in [1.82, 2.24) is 19.6 Å². The number of fused-ring (bicyclic) bond motifs is 2. The zero-order valence-electron chi connectivity index (χ0n) is 13.4. The minimum Gasteiger partial charge on any atom is -0.332 e. The Kier molecular flexibility index (Phi) is 3.56. The van der Waals surface area contributed by atoms with Gasteiger partial charge < -0.3 is 14.6 Å². The predicted octanol–water partition coefficient (Wildman–Crippen LogP) is 2.75. The van der Waals surface area contributed by atoms with E-state index in [-0.39, 0.29) is 6.03 Å². The van der Waals surface area contributed by atoms with Crippen LogP contribution in [0.25, 0.3) is 5.65 Å². The number of pyridine rings is 1. The van der Waals surface area contributed by atoms with Crippen LogP contribution in [0.15, 0.2) is 36.5 Å². The van der Waals surface area contributed by atoms with Crippen LogP contribution in [-0.2, 0) is 6.54 Å². The number of nitrogens with zero attached hydrogens (tertiary/aromatic N) is 3. The molecular formula is C18H22N4O. The Morgan fingerprint density at radius 2 is 2.00 bits per heavy atom. The molecule has 120 valence electrons. The van der Waals surface area contributed by atoms with Crippen molar-refractivity contribution in [2.75, 3.05) is 13.1 Å². The molecule has 5 nitrogen and oxygen atoms in total. The molecule has 2 aromatic rings. The second-order valence-corrected chi connectivity index (χ2v) is 6.65. The lowest BCUT2D eigenvalue weighted by molar-refractivity contribution is 0.206. The quantitative estimate of drug-likeness (QED) is 0.867. The highest BCUT2D eigenvalue weighted by Gasteiger charge is 2.34. The molecule has 1 aliphatic carbocycles. The van der Waals surface area contributed by atoms with E-state index in [0.717, 1.165) is 43.0 Å². The number of hydrogen-bond acceptors (Lipinski definition) is 2. The van der Waals surface area contributed by atoms with E-state index >= 15 is 0 Å². The summed E-state index contributed by atoms with van der Waals surface area (Å²) in [6.45, 7) is 4.29. The average molecular weight is 310 g/mol. The molecule has 2 atom stereocenters. The van der Waals surface area contributed by atoms with Gasteiger partial charge in [-0.05, 0) is 43.7 Å². The summed E-state index contributed by atoms with van der Waals surface area (Å²) in [5.74, 6) is 1.28. The van der Waals surface area contributed by atoms with Crippen molar-refractivity contribution >= 4 is 11.7 Å². The van der Waals surface area contributed by atoms with Gasteiger partial charge in [0.1, 0.15) is 5.65 Å². The highest BCUT2D eigenvalue weighted by atomic mass is 16.2. The fourth-order valence-corrected chi connectivity index (χ4v) is 3.74. The van der Waals surface area contributed by atoms with Crippen molar-refractivity contribution in [2.45, 2.75) is 26.3 Å². The highest BCUT2D eigenvalue weighted by Crippen LogP contribution is 2.32. The van der Waals surface area contributed by atoms with Gasteiger partial charge in [-0.3, -0.25) is 0 Å². The van der Waals surface area contributed by atoms with Gasteiger partial charge >= 0.3 is 6.03 Å². The minimum atomic E-state index is 0.0354. The predicted molar refractivity (Wildman–Crippen MR) is 89.1 cm³/mol. The number of likely N-dealkylation sites (tertiary alicyclic amines) is 1. The second kappa shape index (κ2) is 5.72.